The molecule has 6 nitrogen and oxygen atoms in total. The number of hydrogen-bond donors (Lipinski definition) is 2. The number of anilines is 2. The third kappa shape index (κ3) is 4.09. The Balaban J connectivity index is 0.000001000. The van der Waals surface area contributed by atoms with Crippen LogP contribution in [0.3, 0.4) is 0 Å². The minimum Gasteiger partial charge on any atom is -0.354 e. The highest BCUT2D eigenvalue weighted by atomic mass is 35.5. The normalized spacial score (nSPS) is 19.0. The minimum absolute atomic E-state index is 0. The van der Waals surface area contributed by atoms with E-state index in [1.54, 1.807) is 0 Å². The molecule has 114 valence electrons. The third-order valence-corrected chi connectivity index (χ3v) is 3.47. The van der Waals surface area contributed by atoms with Gasteiger partial charge in [0.15, 0.2) is 0 Å². The second kappa shape index (κ2) is 8.46. The van der Waals surface area contributed by atoms with Crippen LogP contribution in [-0.4, -0.2) is 62.3 Å². The van der Waals surface area contributed by atoms with E-state index >= 15 is 0 Å². The van der Waals surface area contributed by atoms with Gasteiger partial charge in [-0.05, 0) is 6.07 Å². The maximum absolute atomic E-state index is 4.71. The van der Waals surface area contributed by atoms with Crippen LogP contribution in [0.2, 0.25) is 0 Å². The highest BCUT2D eigenvalue weighted by Gasteiger charge is 2.16. The summed E-state index contributed by atoms with van der Waals surface area (Å²) >= 11 is 0. The summed E-state index contributed by atoms with van der Waals surface area (Å²) in [7, 11) is 0. The Hall–Kier alpha value is -0.820. The average Bonchev–Trinajstić information content (AvgIpc) is 2.49. The molecule has 0 bridgehead atoms. The Bertz CT molecular complexity index is 360. The quantitative estimate of drug-likeness (QED) is 0.808. The van der Waals surface area contributed by atoms with Gasteiger partial charge in [-0.25, -0.2) is 4.98 Å². The zero-order valence-corrected chi connectivity index (χ0v) is 13.0. The van der Waals surface area contributed by atoms with Crippen molar-refractivity contribution in [3.8, 4) is 0 Å². The van der Waals surface area contributed by atoms with Crippen molar-refractivity contribution >= 4 is 36.6 Å². The van der Waals surface area contributed by atoms with E-state index in [2.05, 4.69) is 25.4 Å². The Labute approximate surface area is 132 Å². The number of hydrogen-bond acceptors (Lipinski definition) is 6. The van der Waals surface area contributed by atoms with Gasteiger partial charge in [-0.15, -0.1) is 24.8 Å². The molecule has 20 heavy (non-hydrogen) atoms. The minimum atomic E-state index is 0. The molecular formula is C12H22Cl2N6. The maximum atomic E-state index is 4.71. The number of rotatable bonds is 2. The fourth-order valence-electron chi connectivity index (χ4n) is 2.43. The van der Waals surface area contributed by atoms with E-state index in [9.17, 15) is 0 Å². The highest BCUT2D eigenvalue weighted by molar-refractivity contribution is 5.85. The lowest BCUT2D eigenvalue weighted by Crippen LogP contribution is -2.45. The van der Waals surface area contributed by atoms with Crippen molar-refractivity contribution in [2.75, 3.05) is 62.2 Å². The lowest BCUT2D eigenvalue weighted by Gasteiger charge is -2.31. The summed E-state index contributed by atoms with van der Waals surface area (Å²) in [5, 5.41) is 6.71. The van der Waals surface area contributed by atoms with E-state index in [1.165, 1.54) is 0 Å². The van der Waals surface area contributed by atoms with Crippen molar-refractivity contribution in [2.24, 2.45) is 0 Å². The Kier molecular flexibility index (Phi) is 7.29. The van der Waals surface area contributed by atoms with Crippen molar-refractivity contribution in [2.45, 2.75) is 0 Å². The molecule has 0 spiro atoms. The molecule has 2 N–H and O–H groups in total. The molecule has 1 aromatic heterocycles. The van der Waals surface area contributed by atoms with Gasteiger partial charge in [-0.3, -0.25) is 0 Å². The number of nitrogens with zero attached hydrogens (tertiary/aromatic N) is 4. The van der Waals surface area contributed by atoms with Crippen LogP contribution in [0.1, 0.15) is 0 Å². The molecule has 2 saturated heterocycles. The SMILES string of the molecule is Cl.Cl.c1cc(N2CCNCC2)nc(N2CCNCC2)n1. The number of halogens is 2. The van der Waals surface area contributed by atoms with Crippen LogP contribution < -0.4 is 20.4 Å². The van der Waals surface area contributed by atoms with Crippen molar-refractivity contribution in [1.82, 2.24) is 20.6 Å². The smallest absolute Gasteiger partial charge is 0.227 e. The molecule has 0 atom stereocenters. The lowest BCUT2D eigenvalue weighted by atomic mass is 10.3. The van der Waals surface area contributed by atoms with Crippen molar-refractivity contribution in [3.05, 3.63) is 12.3 Å². The van der Waals surface area contributed by atoms with Crippen LogP contribution in [0, 0.1) is 0 Å². The highest BCUT2D eigenvalue weighted by Crippen LogP contribution is 2.15. The van der Waals surface area contributed by atoms with Gasteiger partial charge in [-0.2, -0.15) is 4.98 Å². The molecule has 3 rings (SSSR count). The first-order valence-electron chi connectivity index (χ1n) is 6.68. The predicted octanol–water partition coefficient (Wildman–Crippen LogP) is 0.139. The third-order valence-electron chi connectivity index (χ3n) is 3.47. The van der Waals surface area contributed by atoms with Crippen molar-refractivity contribution < 1.29 is 0 Å². The first kappa shape index (κ1) is 17.2. The molecule has 0 unspecified atom stereocenters. The van der Waals surface area contributed by atoms with Gasteiger partial charge in [0.2, 0.25) is 5.95 Å². The van der Waals surface area contributed by atoms with Crippen molar-refractivity contribution in [1.29, 1.82) is 0 Å². The fourth-order valence-corrected chi connectivity index (χ4v) is 2.43. The molecule has 0 amide bonds. The van der Waals surface area contributed by atoms with Gasteiger partial charge >= 0.3 is 0 Å². The summed E-state index contributed by atoms with van der Waals surface area (Å²) in [5.74, 6) is 1.92. The summed E-state index contributed by atoms with van der Waals surface area (Å²) in [5.41, 5.74) is 0. The van der Waals surface area contributed by atoms with E-state index in [1.807, 2.05) is 12.3 Å². The van der Waals surface area contributed by atoms with Gasteiger partial charge in [0.05, 0.1) is 0 Å². The van der Waals surface area contributed by atoms with E-state index < -0.39 is 0 Å². The van der Waals surface area contributed by atoms with Gasteiger partial charge in [-0.1, -0.05) is 0 Å². The molecular weight excluding hydrogens is 299 g/mol. The van der Waals surface area contributed by atoms with E-state index in [-0.39, 0.29) is 24.8 Å². The monoisotopic (exact) mass is 320 g/mol. The van der Waals surface area contributed by atoms with E-state index in [0.717, 1.165) is 64.1 Å². The summed E-state index contributed by atoms with van der Waals surface area (Å²) in [4.78, 5) is 13.7. The number of nitrogens with one attached hydrogen (secondary N) is 2. The molecule has 0 radical (unpaired) electrons. The average molecular weight is 321 g/mol. The largest absolute Gasteiger partial charge is 0.354 e. The molecule has 0 aromatic carbocycles. The molecule has 8 heteroatoms. The molecule has 0 saturated carbocycles. The van der Waals surface area contributed by atoms with Crippen LogP contribution in [0.5, 0.6) is 0 Å². The molecule has 0 aliphatic carbocycles. The van der Waals surface area contributed by atoms with Crippen LogP contribution >= 0.6 is 24.8 Å². The predicted molar refractivity (Wildman–Crippen MR) is 86.7 cm³/mol. The maximum Gasteiger partial charge on any atom is 0.227 e. The molecule has 2 aliphatic rings. The second-order valence-corrected chi connectivity index (χ2v) is 4.69. The number of piperazine rings is 2. The van der Waals surface area contributed by atoms with Gasteiger partial charge in [0.25, 0.3) is 0 Å². The summed E-state index contributed by atoms with van der Waals surface area (Å²) in [6.45, 7) is 8.13. The Morgan fingerprint density at radius 1 is 0.850 bits per heavy atom. The van der Waals surface area contributed by atoms with Gasteiger partial charge in [0, 0.05) is 58.6 Å². The summed E-state index contributed by atoms with van der Waals surface area (Å²) in [6.07, 6.45) is 1.88. The summed E-state index contributed by atoms with van der Waals surface area (Å²) in [6, 6.07) is 2.01. The van der Waals surface area contributed by atoms with Crippen LogP contribution in [0.25, 0.3) is 0 Å². The first-order chi connectivity index (χ1) is 8.93. The van der Waals surface area contributed by atoms with Crippen molar-refractivity contribution in [3.63, 3.8) is 0 Å². The first-order valence-corrected chi connectivity index (χ1v) is 6.68. The molecule has 2 aliphatic heterocycles. The van der Waals surface area contributed by atoms with Crippen LogP contribution in [0.15, 0.2) is 12.3 Å². The zero-order valence-electron chi connectivity index (χ0n) is 11.4. The van der Waals surface area contributed by atoms with Crippen LogP contribution in [0.4, 0.5) is 11.8 Å². The molecule has 3 heterocycles. The molecule has 1 aromatic rings. The zero-order chi connectivity index (χ0) is 12.2. The molecule has 2 fully saturated rings. The Morgan fingerprint density at radius 3 is 2.00 bits per heavy atom. The number of aromatic nitrogens is 2. The standard InChI is InChI=1S/C12H20N6.2ClH/c1-2-15-12(18-9-5-14-6-10-18)16-11(1)17-7-3-13-4-8-17;;/h1-2,13-14H,3-10H2;2*1H. The lowest BCUT2D eigenvalue weighted by molar-refractivity contribution is 0.572. The van der Waals surface area contributed by atoms with E-state index in [0.29, 0.717) is 0 Å². The van der Waals surface area contributed by atoms with Gasteiger partial charge in [0.1, 0.15) is 5.82 Å². The van der Waals surface area contributed by atoms with E-state index in [4.69, 9.17) is 4.98 Å². The Morgan fingerprint density at radius 2 is 1.40 bits per heavy atom. The van der Waals surface area contributed by atoms with Crippen LogP contribution in [-0.2, 0) is 0 Å². The fraction of sp³-hybridized carbons (Fsp3) is 0.667. The topological polar surface area (TPSA) is 56.3 Å². The second-order valence-electron chi connectivity index (χ2n) is 4.69. The van der Waals surface area contributed by atoms with Gasteiger partial charge < -0.3 is 20.4 Å². The summed E-state index contributed by atoms with van der Waals surface area (Å²) < 4.78 is 0.